The Morgan fingerprint density at radius 3 is 2.57 bits per heavy atom. The number of piperidine rings is 1. The van der Waals surface area contributed by atoms with Crippen LogP contribution in [0.4, 0.5) is 11.4 Å². The van der Waals surface area contributed by atoms with Gasteiger partial charge in [0.1, 0.15) is 4.90 Å². The van der Waals surface area contributed by atoms with E-state index in [1.807, 2.05) is 4.90 Å². The molecule has 0 unspecified atom stereocenters. The molecule has 2 fully saturated rings. The predicted molar refractivity (Wildman–Crippen MR) is 77.6 cm³/mol. The molecule has 1 aliphatic heterocycles. The van der Waals surface area contributed by atoms with Crippen molar-refractivity contribution in [2.45, 2.75) is 30.6 Å². The summed E-state index contributed by atoms with van der Waals surface area (Å²) in [6.07, 6.45) is 4.50. The Hall–Kier alpha value is -1.67. The zero-order chi connectivity index (χ0) is 15.3. The van der Waals surface area contributed by atoms with Crippen LogP contribution >= 0.6 is 0 Å². The molecule has 1 spiro atoms. The molecular formula is C13H17N3O4S. The third-order valence-electron chi connectivity index (χ3n) is 4.42. The van der Waals surface area contributed by atoms with Gasteiger partial charge in [-0.15, -0.1) is 0 Å². The number of hydrogen-bond acceptors (Lipinski definition) is 5. The van der Waals surface area contributed by atoms with Gasteiger partial charge in [-0.05, 0) is 37.2 Å². The van der Waals surface area contributed by atoms with E-state index in [1.54, 1.807) is 0 Å². The molecule has 1 aromatic carbocycles. The Balaban J connectivity index is 2.03. The number of primary sulfonamides is 1. The van der Waals surface area contributed by atoms with Gasteiger partial charge in [0.05, 0.1) is 10.6 Å². The SMILES string of the molecule is NS(=O)(=O)c1cc([N+](=O)[O-])ccc1N1CCCC2(CC2)C1. The molecule has 0 amide bonds. The van der Waals surface area contributed by atoms with Crippen LogP contribution in [-0.4, -0.2) is 26.4 Å². The van der Waals surface area contributed by atoms with E-state index in [0.717, 1.165) is 25.6 Å². The number of sulfonamides is 1. The summed E-state index contributed by atoms with van der Waals surface area (Å²) in [6, 6.07) is 3.89. The van der Waals surface area contributed by atoms with E-state index in [1.165, 1.54) is 31.4 Å². The number of nitrogens with zero attached hydrogens (tertiary/aromatic N) is 2. The molecule has 1 saturated heterocycles. The maximum absolute atomic E-state index is 11.8. The molecule has 114 valence electrons. The number of nitrogens with two attached hydrogens (primary N) is 1. The number of benzene rings is 1. The lowest BCUT2D eigenvalue weighted by atomic mass is 9.94. The molecule has 1 heterocycles. The molecule has 1 aromatic rings. The standard InChI is InChI=1S/C13H17N3O4S/c14-21(19,20)12-8-10(16(17)18)2-3-11(12)15-7-1-4-13(9-15)5-6-13/h2-3,8H,1,4-7,9H2,(H2,14,19,20). The minimum absolute atomic E-state index is 0.158. The normalized spacial score (nSPS) is 20.5. The fourth-order valence-electron chi connectivity index (χ4n) is 3.10. The van der Waals surface area contributed by atoms with Crippen LogP contribution < -0.4 is 10.0 Å². The average molecular weight is 311 g/mol. The predicted octanol–water partition coefficient (Wildman–Crippen LogP) is 1.62. The maximum atomic E-state index is 11.8. The molecule has 0 radical (unpaired) electrons. The van der Waals surface area contributed by atoms with Gasteiger partial charge in [0.2, 0.25) is 10.0 Å². The van der Waals surface area contributed by atoms with Crippen molar-refractivity contribution in [3.8, 4) is 0 Å². The van der Waals surface area contributed by atoms with Crippen molar-refractivity contribution in [2.75, 3.05) is 18.0 Å². The first kappa shape index (κ1) is 14.3. The van der Waals surface area contributed by atoms with Gasteiger partial charge >= 0.3 is 0 Å². The minimum atomic E-state index is -4.00. The van der Waals surface area contributed by atoms with Crippen molar-refractivity contribution >= 4 is 21.4 Å². The summed E-state index contributed by atoms with van der Waals surface area (Å²) < 4.78 is 23.6. The molecule has 0 bridgehead atoms. The van der Waals surface area contributed by atoms with Crippen molar-refractivity contribution in [2.24, 2.45) is 10.6 Å². The van der Waals surface area contributed by atoms with Crippen LogP contribution in [0, 0.1) is 15.5 Å². The molecule has 2 aliphatic rings. The van der Waals surface area contributed by atoms with Gasteiger partial charge in [0.15, 0.2) is 0 Å². The summed E-state index contributed by atoms with van der Waals surface area (Å²) in [5, 5.41) is 16.1. The Kier molecular flexibility index (Phi) is 3.18. The monoisotopic (exact) mass is 311 g/mol. The minimum Gasteiger partial charge on any atom is -0.370 e. The summed E-state index contributed by atoms with van der Waals surface area (Å²) in [6.45, 7) is 1.55. The Labute approximate surface area is 122 Å². The average Bonchev–Trinajstić information content (AvgIpc) is 3.16. The lowest BCUT2D eigenvalue weighted by Crippen LogP contribution is -2.37. The zero-order valence-corrected chi connectivity index (χ0v) is 12.3. The fourth-order valence-corrected chi connectivity index (χ4v) is 3.88. The molecule has 1 aliphatic carbocycles. The van der Waals surface area contributed by atoms with Gasteiger partial charge in [0, 0.05) is 25.2 Å². The summed E-state index contributed by atoms with van der Waals surface area (Å²) in [4.78, 5) is 12.1. The molecule has 8 heteroatoms. The summed E-state index contributed by atoms with van der Waals surface area (Å²) in [5.41, 5.74) is 0.533. The van der Waals surface area contributed by atoms with Crippen molar-refractivity contribution in [1.82, 2.24) is 0 Å². The highest BCUT2D eigenvalue weighted by atomic mass is 32.2. The van der Waals surface area contributed by atoms with E-state index >= 15 is 0 Å². The first-order valence-electron chi connectivity index (χ1n) is 6.87. The Bertz CT molecular complexity index is 697. The number of nitro groups is 1. The van der Waals surface area contributed by atoms with E-state index in [2.05, 4.69) is 0 Å². The van der Waals surface area contributed by atoms with Crippen LogP contribution in [0.1, 0.15) is 25.7 Å². The van der Waals surface area contributed by atoms with E-state index in [9.17, 15) is 18.5 Å². The van der Waals surface area contributed by atoms with Crippen LogP contribution in [0.5, 0.6) is 0 Å². The number of nitro benzene ring substituents is 1. The highest BCUT2D eigenvalue weighted by molar-refractivity contribution is 7.89. The number of rotatable bonds is 3. The van der Waals surface area contributed by atoms with E-state index in [0.29, 0.717) is 11.1 Å². The van der Waals surface area contributed by atoms with Gasteiger partial charge in [-0.25, -0.2) is 13.6 Å². The van der Waals surface area contributed by atoms with Crippen LogP contribution in [0.2, 0.25) is 0 Å². The maximum Gasteiger partial charge on any atom is 0.270 e. The number of non-ortho nitro benzene ring substituents is 1. The lowest BCUT2D eigenvalue weighted by Gasteiger charge is -2.35. The Morgan fingerprint density at radius 2 is 2.00 bits per heavy atom. The summed E-state index contributed by atoms with van der Waals surface area (Å²) in [5.74, 6) is 0. The molecule has 3 rings (SSSR count). The highest BCUT2D eigenvalue weighted by Gasteiger charge is 2.46. The van der Waals surface area contributed by atoms with E-state index in [-0.39, 0.29) is 10.6 Å². The van der Waals surface area contributed by atoms with Crippen LogP contribution in [-0.2, 0) is 10.0 Å². The number of anilines is 1. The van der Waals surface area contributed by atoms with Crippen LogP contribution in [0.15, 0.2) is 23.1 Å². The van der Waals surface area contributed by atoms with E-state index < -0.39 is 14.9 Å². The summed E-state index contributed by atoms with van der Waals surface area (Å²) >= 11 is 0. The lowest BCUT2D eigenvalue weighted by molar-refractivity contribution is -0.385. The van der Waals surface area contributed by atoms with Crippen molar-refractivity contribution in [3.63, 3.8) is 0 Å². The quantitative estimate of drug-likeness (QED) is 0.674. The van der Waals surface area contributed by atoms with Crippen molar-refractivity contribution in [3.05, 3.63) is 28.3 Å². The van der Waals surface area contributed by atoms with Crippen molar-refractivity contribution < 1.29 is 13.3 Å². The topological polar surface area (TPSA) is 107 Å². The van der Waals surface area contributed by atoms with Crippen LogP contribution in [0.25, 0.3) is 0 Å². The second-order valence-corrected chi connectivity index (χ2v) is 7.51. The van der Waals surface area contributed by atoms with Gasteiger partial charge in [-0.1, -0.05) is 0 Å². The van der Waals surface area contributed by atoms with E-state index in [4.69, 9.17) is 5.14 Å². The zero-order valence-electron chi connectivity index (χ0n) is 11.5. The van der Waals surface area contributed by atoms with Gasteiger partial charge in [-0.2, -0.15) is 0 Å². The second kappa shape index (κ2) is 4.67. The van der Waals surface area contributed by atoms with Gasteiger partial charge in [0.25, 0.3) is 5.69 Å². The first-order valence-corrected chi connectivity index (χ1v) is 8.42. The molecule has 21 heavy (non-hydrogen) atoms. The Morgan fingerprint density at radius 1 is 1.29 bits per heavy atom. The van der Waals surface area contributed by atoms with Crippen molar-refractivity contribution in [1.29, 1.82) is 0 Å². The van der Waals surface area contributed by atoms with Gasteiger partial charge < -0.3 is 4.90 Å². The molecular weight excluding hydrogens is 294 g/mol. The third-order valence-corrected chi connectivity index (χ3v) is 5.36. The fraction of sp³-hybridized carbons (Fsp3) is 0.538. The molecule has 0 atom stereocenters. The summed E-state index contributed by atoms with van der Waals surface area (Å²) in [7, 11) is -4.00. The molecule has 2 N–H and O–H groups in total. The third kappa shape index (κ3) is 2.73. The first-order chi connectivity index (χ1) is 9.81. The van der Waals surface area contributed by atoms with Gasteiger partial charge in [-0.3, -0.25) is 10.1 Å². The van der Waals surface area contributed by atoms with Crippen LogP contribution in [0.3, 0.4) is 0 Å². The molecule has 7 nitrogen and oxygen atoms in total. The highest BCUT2D eigenvalue weighted by Crippen LogP contribution is 2.53. The molecule has 0 aromatic heterocycles. The number of hydrogen-bond donors (Lipinski definition) is 1. The largest absolute Gasteiger partial charge is 0.370 e. The smallest absolute Gasteiger partial charge is 0.270 e. The second-order valence-electron chi connectivity index (χ2n) is 5.98. The molecule has 1 saturated carbocycles.